The van der Waals surface area contributed by atoms with Crippen LogP contribution in [0.5, 0.6) is 5.75 Å². The number of fused-ring (bicyclic) bond motifs is 5. The van der Waals surface area contributed by atoms with E-state index in [1.807, 2.05) is 25.1 Å². The van der Waals surface area contributed by atoms with Gasteiger partial charge in [-0.1, -0.05) is 13.8 Å². The van der Waals surface area contributed by atoms with Gasteiger partial charge in [-0.15, -0.1) is 0 Å². The van der Waals surface area contributed by atoms with Gasteiger partial charge < -0.3 is 35.3 Å². The molecule has 0 saturated carbocycles. The van der Waals surface area contributed by atoms with Crippen molar-refractivity contribution >= 4 is 22.8 Å². The third-order valence-electron chi connectivity index (χ3n) is 7.55. The van der Waals surface area contributed by atoms with Gasteiger partial charge in [0.2, 0.25) is 5.91 Å². The smallest absolute Gasteiger partial charge is 0.343 e. The van der Waals surface area contributed by atoms with Crippen LogP contribution in [0, 0.1) is 0 Å². The molecule has 0 unspecified atom stereocenters. The highest BCUT2D eigenvalue weighted by Gasteiger charge is 2.45. The van der Waals surface area contributed by atoms with Crippen molar-refractivity contribution in [2.75, 3.05) is 19.8 Å². The van der Waals surface area contributed by atoms with Gasteiger partial charge in [-0.3, -0.25) is 9.59 Å². The van der Waals surface area contributed by atoms with E-state index in [9.17, 15) is 19.5 Å². The number of aromatic nitrogens is 2. The molecule has 0 saturated heterocycles. The van der Waals surface area contributed by atoms with Crippen LogP contribution < -0.4 is 21.3 Å². The number of nitrogens with zero attached hydrogens (tertiary/aromatic N) is 2. The third-order valence-corrected chi connectivity index (χ3v) is 7.55. The minimum Gasteiger partial charge on any atom is -0.494 e. The second-order valence-electron chi connectivity index (χ2n) is 9.84. The lowest BCUT2D eigenvalue weighted by Crippen LogP contribution is -2.44. The van der Waals surface area contributed by atoms with Crippen molar-refractivity contribution in [2.45, 2.75) is 57.9 Å². The molecule has 1 amide bonds. The zero-order valence-electron chi connectivity index (χ0n) is 22.0. The van der Waals surface area contributed by atoms with Crippen molar-refractivity contribution in [3.63, 3.8) is 0 Å². The van der Waals surface area contributed by atoms with E-state index in [-0.39, 0.29) is 18.6 Å². The van der Waals surface area contributed by atoms with Gasteiger partial charge in [0, 0.05) is 23.1 Å². The predicted octanol–water partition coefficient (Wildman–Crippen LogP) is 0.847. The Labute approximate surface area is 224 Å². The summed E-state index contributed by atoms with van der Waals surface area (Å²) in [6.07, 6.45) is 1.35. The quantitative estimate of drug-likeness (QED) is 0.179. The summed E-state index contributed by atoms with van der Waals surface area (Å²) in [5, 5.41) is 23.6. The zero-order chi connectivity index (χ0) is 27.9. The monoisotopic (exact) mass is 536 g/mol. The molecule has 0 aliphatic carbocycles. The third kappa shape index (κ3) is 4.46. The lowest BCUT2D eigenvalue weighted by atomic mass is 9.86. The molecular formula is C28H32N4O7. The highest BCUT2D eigenvalue weighted by Crippen LogP contribution is 2.40. The molecule has 11 nitrogen and oxygen atoms in total. The van der Waals surface area contributed by atoms with Crippen LogP contribution in [0.15, 0.2) is 29.1 Å². The van der Waals surface area contributed by atoms with Crippen LogP contribution in [0.3, 0.4) is 0 Å². The summed E-state index contributed by atoms with van der Waals surface area (Å²) >= 11 is 0. The molecule has 11 heteroatoms. The van der Waals surface area contributed by atoms with E-state index >= 15 is 0 Å². The van der Waals surface area contributed by atoms with Crippen LogP contribution in [-0.2, 0) is 39.5 Å². The van der Waals surface area contributed by atoms with Gasteiger partial charge in [-0.2, -0.15) is 0 Å². The molecule has 5 N–H and O–H groups in total. The molecule has 2 aromatic heterocycles. The molecule has 39 heavy (non-hydrogen) atoms. The summed E-state index contributed by atoms with van der Waals surface area (Å²) in [6, 6.07) is 6.40. The number of amides is 1. The first-order valence-corrected chi connectivity index (χ1v) is 13.1. The largest absolute Gasteiger partial charge is 0.494 e. The number of carbonyl (C=O) groups is 2. The van der Waals surface area contributed by atoms with Gasteiger partial charge in [0.1, 0.15) is 18.4 Å². The first-order valence-electron chi connectivity index (χ1n) is 13.1. The lowest BCUT2D eigenvalue weighted by molar-refractivity contribution is -0.172. The average Bonchev–Trinajstić information content (AvgIpc) is 3.31. The van der Waals surface area contributed by atoms with E-state index in [1.165, 1.54) is 0 Å². The maximum atomic E-state index is 13.5. The molecule has 0 radical (unpaired) electrons. The van der Waals surface area contributed by atoms with Crippen molar-refractivity contribution in [3.8, 4) is 17.1 Å². The van der Waals surface area contributed by atoms with Crippen molar-refractivity contribution in [1.82, 2.24) is 14.9 Å². The number of rotatable bonds is 9. The number of esters is 1. The summed E-state index contributed by atoms with van der Waals surface area (Å²) in [6.45, 7) is 4.22. The number of pyridine rings is 2. The average molecular weight is 537 g/mol. The van der Waals surface area contributed by atoms with Crippen LogP contribution in [0.1, 0.15) is 48.9 Å². The maximum Gasteiger partial charge on any atom is 0.343 e. The van der Waals surface area contributed by atoms with Gasteiger partial charge >= 0.3 is 5.97 Å². The summed E-state index contributed by atoms with van der Waals surface area (Å²) in [7, 11) is 0. The fraction of sp³-hybridized carbons (Fsp3) is 0.429. The van der Waals surface area contributed by atoms with Crippen LogP contribution in [0.25, 0.3) is 22.3 Å². The second-order valence-corrected chi connectivity index (χ2v) is 9.84. The lowest BCUT2D eigenvalue weighted by Gasteiger charge is -2.31. The van der Waals surface area contributed by atoms with Crippen molar-refractivity contribution in [1.29, 1.82) is 0 Å². The number of ether oxygens (including phenoxy) is 2. The Balaban J connectivity index is 1.44. The number of aliphatic hydroxyl groups excluding tert-OH is 1. The van der Waals surface area contributed by atoms with Gasteiger partial charge in [0.25, 0.3) is 5.56 Å². The maximum absolute atomic E-state index is 13.5. The normalized spacial score (nSPS) is 18.2. The van der Waals surface area contributed by atoms with E-state index in [4.69, 9.17) is 25.3 Å². The molecule has 1 aromatic carbocycles. The molecule has 2 atom stereocenters. The standard InChI is InChI=1S/C28H32N4O7/c1-3-16-17-10-15(38-9-5-8-30-25(34)21(29)13-33)6-7-22(17)31-24-18(16)12-32-23(24)11-20-19(26(32)35)14-39-27(36)28(20,37)4-2/h6-7,10-11,21,33,37H,3-5,8-9,12-14,29H2,1-2H3,(H,30,34)/t21-,28-/m0/s1. The second kappa shape index (κ2) is 10.4. The molecule has 2 aliphatic rings. The summed E-state index contributed by atoms with van der Waals surface area (Å²) < 4.78 is 12.7. The number of aryl methyl sites for hydroxylation is 1. The van der Waals surface area contributed by atoms with E-state index in [2.05, 4.69) is 5.32 Å². The Kier molecular flexibility index (Phi) is 7.15. The minimum atomic E-state index is -1.87. The fourth-order valence-electron chi connectivity index (χ4n) is 5.32. The summed E-state index contributed by atoms with van der Waals surface area (Å²) in [4.78, 5) is 42.4. The van der Waals surface area contributed by atoms with E-state index < -0.39 is 30.1 Å². The minimum absolute atomic E-state index is 0.0886. The van der Waals surface area contributed by atoms with Gasteiger partial charge in [0.15, 0.2) is 5.60 Å². The highest BCUT2D eigenvalue weighted by atomic mass is 16.6. The van der Waals surface area contributed by atoms with Gasteiger partial charge in [-0.05, 0) is 49.1 Å². The Morgan fingerprint density at radius 3 is 2.79 bits per heavy atom. The first kappa shape index (κ1) is 26.8. The Morgan fingerprint density at radius 2 is 2.08 bits per heavy atom. The highest BCUT2D eigenvalue weighted by molar-refractivity contribution is 5.90. The van der Waals surface area contributed by atoms with Gasteiger partial charge in [-0.25, -0.2) is 9.78 Å². The van der Waals surface area contributed by atoms with Crippen LogP contribution in [0.2, 0.25) is 0 Å². The molecule has 3 aromatic rings. The number of hydrogen-bond acceptors (Lipinski definition) is 9. The van der Waals surface area contributed by atoms with Crippen LogP contribution in [0.4, 0.5) is 0 Å². The van der Waals surface area contributed by atoms with E-state index in [0.717, 1.165) is 22.0 Å². The number of cyclic esters (lactones) is 1. The Bertz CT molecular complexity index is 1530. The number of hydrogen-bond donors (Lipinski definition) is 4. The molecule has 0 fully saturated rings. The number of benzene rings is 1. The van der Waals surface area contributed by atoms with Crippen molar-refractivity contribution in [2.24, 2.45) is 5.73 Å². The van der Waals surface area contributed by atoms with Crippen LogP contribution >= 0.6 is 0 Å². The molecule has 0 spiro atoms. The van der Waals surface area contributed by atoms with Gasteiger partial charge in [0.05, 0.1) is 42.2 Å². The predicted molar refractivity (Wildman–Crippen MR) is 142 cm³/mol. The number of nitrogens with two attached hydrogens (primary N) is 1. The molecule has 5 rings (SSSR count). The van der Waals surface area contributed by atoms with Crippen LogP contribution in [-0.4, -0.2) is 57.4 Å². The number of nitrogens with one attached hydrogen (secondary N) is 1. The first-order chi connectivity index (χ1) is 18.7. The molecule has 206 valence electrons. The number of carbonyl (C=O) groups excluding carboxylic acids is 2. The molecule has 4 heterocycles. The SMILES string of the molecule is CCc1c2c(nc3ccc(OCCCNC(=O)[C@@H](N)CO)cc13)-c1cc3c(c(=O)n1C2)COC(=O)[C@]3(O)CC. The Hall–Kier alpha value is -3.80. The van der Waals surface area contributed by atoms with Crippen molar-refractivity contribution in [3.05, 3.63) is 56.9 Å². The van der Waals surface area contributed by atoms with E-state index in [0.29, 0.717) is 60.8 Å². The van der Waals surface area contributed by atoms with E-state index in [1.54, 1.807) is 17.6 Å². The summed E-state index contributed by atoms with van der Waals surface area (Å²) in [5.41, 5.74) is 7.88. The fourth-order valence-corrected chi connectivity index (χ4v) is 5.32. The summed E-state index contributed by atoms with van der Waals surface area (Å²) in [5.74, 6) is -0.497. The molecular weight excluding hydrogens is 504 g/mol. The Morgan fingerprint density at radius 1 is 1.28 bits per heavy atom. The molecule has 0 bridgehead atoms. The van der Waals surface area contributed by atoms with Crippen molar-refractivity contribution < 1.29 is 29.3 Å². The molecule has 2 aliphatic heterocycles. The number of aliphatic hydroxyl groups is 2. The topological polar surface area (TPSA) is 166 Å². The zero-order valence-corrected chi connectivity index (χ0v) is 22.0.